The Kier molecular flexibility index (Phi) is 4.96. The van der Waals surface area contributed by atoms with E-state index in [2.05, 4.69) is 5.32 Å². The first-order valence-electron chi connectivity index (χ1n) is 6.91. The van der Waals surface area contributed by atoms with Crippen LogP contribution in [0.1, 0.15) is 30.6 Å². The Morgan fingerprint density at radius 1 is 1.38 bits per heavy atom. The molecule has 0 aliphatic carbocycles. The number of hydrogen-bond donors (Lipinski definition) is 2. The lowest BCUT2D eigenvalue weighted by molar-refractivity contribution is 0.0927. The van der Waals surface area contributed by atoms with Crippen molar-refractivity contribution in [2.75, 3.05) is 26.4 Å². The molecule has 0 unspecified atom stereocenters. The van der Waals surface area contributed by atoms with Gasteiger partial charge in [0.2, 0.25) is 0 Å². The lowest BCUT2D eigenvalue weighted by Crippen LogP contribution is -2.34. The second kappa shape index (κ2) is 6.54. The molecule has 1 amide bonds. The van der Waals surface area contributed by atoms with Crippen LogP contribution in [0.2, 0.25) is 5.02 Å². The Morgan fingerprint density at radius 2 is 2.10 bits per heavy atom. The number of nitrogens with one attached hydrogen (secondary N) is 1. The van der Waals surface area contributed by atoms with Crippen LogP contribution in [-0.2, 0) is 0 Å². The molecule has 21 heavy (non-hydrogen) atoms. The van der Waals surface area contributed by atoms with Gasteiger partial charge in [0.1, 0.15) is 13.2 Å². The smallest absolute Gasteiger partial charge is 0.251 e. The maximum Gasteiger partial charge on any atom is 0.251 e. The highest BCUT2D eigenvalue weighted by Crippen LogP contribution is 2.38. The number of rotatable bonds is 5. The number of fused-ring (bicyclic) bond motifs is 1. The normalized spacial score (nSPS) is 13.9. The van der Waals surface area contributed by atoms with E-state index in [4.69, 9.17) is 26.2 Å². The maximum atomic E-state index is 12.2. The van der Waals surface area contributed by atoms with Crippen molar-refractivity contribution in [1.29, 1.82) is 0 Å². The highest BCUT2D eigenvalue weighted by Gasteiger charge is 2.21. The molecule has 0 bridgehead atoms. The second-order valence-electron chi connectivity index (χ2n) is 5.80. The van der Waals surface area contributed by atoms with Crippen molar-refractivity contribution in [2.45, 2.75) is 20.3 Å². The number of halogens is 1. The van der Waals surface area contributed by atoms with Crippen LogP contribution < -0.4 is 14.8 Å². The minimum atomic E-state index is -0.222. The zero-order chi connectivity index (χ0) is 15.5. The summed E-state index contributed by atoms with van der Waals surface area (Å²) < 4.78 is 10.9. The van der Waals surface area contributed by atoms with E-state index in [1.807, 2.05) is 13.8 Å². The van der Waals surface area contributed by atoms with Gasteiger partial charge in [0, 0.05) is 18.7 Å². The summed E-state index contributed by atoms with van der Waals surface area (Å²) in [6.07, 6.45) is 0.620. The van der Waals surface area contributed by atoms with Crippen molar-refractivity contribution < 1.29 is 19.4 Å². The monoisotopic (exact) mass is 313 g/mol. The van der Waals surface area contributed by atoms with Gasteiger partial charge < -0.3 is 19.9 Å². The van der Waals surface area contributed by atoms with Gasteiger partial charge in [-0.05, 0) is 24.0 Å². The average Bonchev–Trinajstić information content (AvgIpc) is 2.45. The Balaban J connectivity index is 2.08. The van der Waals surface area contributed by atoms with Gasteiger partial charge in [-0.1, -0.05) is 25.4 Å². The molecule has 0 saturated heterocycles. The number of hydrogen-bond acceptors (Lipinski definition) is 4. The summed E-state index contributed by atoms with van der Waals surface area (Å²) >= 11 is 6.11. The van der Waals surface area contributed by atoms with E-state index in [1.165, 1.54) is 0 Å². The molecule has 0 radical (unpaired) electrons. The Bertz CT molecular complexity index is 531. The van der Waals surface area contributed by atoms with E-state index in [0.717, 1.165) is 0 Å². The average molecular weight is 314 g/mol. The van der Waals surface area contributed by atoms with E-state index >= 15 is 0 Å². The second-order valence-corrected chi connectivity index (χ2v) is 6.21. The fourth-order valence-electron chi connectivity index (χ4n) is 2.05. The molecule has 0 atom stereocenters. The highest BCUT2D eigenvalue weighted by molar-refractivity contribution is 6.32. The summed E-state index contributed by atoms with van der Waals surface area (Å²) in [5.74, 6) is 0.758. The van der Waals surface area contributed by atoms with E-state index < -0.39 is 0 Å². The molecule has 2 rings (SSSR count). The van der Waals surface area contributed by atoms with Crippen LogP contribution in [0.3, 0.4) is 0 Å². The van der Waals surface area contributed by atoms with Gasteiger partial charge in [-0.15, -0.1) is 0 Å². The molecule has 6 heteroatoms. The predicted octanol–water partition coefficient (Wildman–Crippen LogP) is 2.25. The number of amides is 1. The summed E-state index contributed by atoms with van der Waals surface area (Å²) in [4.78, 5) is 12.2. The number of aliphatic hydroxyl groups excluding tert-OH is 1. The van der Waals surface area contributed by atoms with Crippen LogP contribution in [0.25, 0.3) is 0 Å². The zero-order valence-electron chi connectivity index (χ0n) is 12.2. The summed E-state index contributed by atoms with van der Waals surface area (Å²) in [6.45, 7) is 5.43. The standard InChI is InChI=1S/C15H20ClNO4/c1-15(2,3-4-18)9-17-14(19)10-7-11(16)13-12(8-10)20-5-6-21-13/h7-8,18H,3-6,9H2,1-2H3,(H,17,19). The summed E-state index contributed by atoms with van der Waals surface area (Å²) in [5, 5.41) is 12.2. The van der Waals surface area contributed by atoms with Crippen LogP contribution in [-0.4, -0.2) is 37.4 Å². The van der Waals surface area contributed by atoms with Gasteiger partial charge in [-0.2, -0.15) is 0 Å². The highest BCUT2D eigenvalue weighted by atomic mass is 35.5. The molecule has 1 aliphatic rings. The Hall–Kier alpha value is -1.46. The first-order valence-corrected chi connectivity index (χ1v) is 7.29. The SMILES string of the molecule is CC(C)(CCO)CNC(=O)c1cc(Cl)c2c(c1)OCCO2. The largest absolute Gasteiger partial charge is 0.486 e. The Labute approximate surface area is 129 Å². The third-order valence-corrected chi connectivity index (χ3v) is 3.66. The molecule has 1 aliphatic heterocycles. The number of carbonyl (C=O) groups excluding carboxylic acids is 1. The maximum absolute atomic E-state index is 12.2. The lowest BCUT2D eigenvalue weighted by Gasteiger charge is -2.24. The van der Waals surface area contributed by atoms with Crippen LogP contribution in [0.15, 0.2) is 12.1 Å². The van der Waals surface area contributed by atoms with E-state index in [9.17, 15) is 4.79 Å². The van der Waals surface area contributed by atoms with Gasteiger partial charge in [0.15, 0.2) is 11.5 Å². The minimum Gasteiger partial charge on any atom is -0.486 e. The van der Waals surface area contributed by atoms with Crippen molar-refractivity contribution in [3.8, 4) is 11.5 Å². The Morgan fingerprint density at radius 3 is 2.81 bits per heavy atom. The molecule has 1 heterocycles. The van der Waals surface area contributed by atoms with E-state index in [-0.39, 0.29) is 17.9 Å². The fourth-order valence-corrected chi connectivity index (χ4v) is 2.32. The number of ether oxygens (including phenoxy) is 2. The molecule has 1 aromatic carbocycles. The van der Waals surface area contributed by atoms with Gasteiger partial charge >= 0.3 is 0 Å². The lowest BCUT2D eigenvalue weighted by atomic mass is 9.89. The molecule has 0 aromatic heterocycles. The molecule has 0 fully saturated rings. The van der Waals surface area contributed by atoms with Crippen LogP contribution in [0.5, 0.6) is 11.5 Å². The minimum absolute atomic E-state index is 0.0960. The van der Waals surface area contributed by atoms with Crippen LogP contribution >= 0.6 is 11.6 Å². The number of aliphatic hydroxyl groups is 1. The molecular weight excluding hydrogens is 294 g/mol. The van der Waals surface area contributed by atoms with Crippen molar-refractivity contribution >= 4 is 17.5 Å². The third kappa shape index (κ3) is 4.02. The molecule has 0 spiro atoms. The molecule has 5 nitrogen and oxygen atoms in total. The van der Waals surface area contributed by atoms with Gasteiger partial charge in [-0.3, -0.25) is 4.79 Å². The van der Waals surface area contributed by atoms with Crippen molar-refractivity contribution in [3.63, 3.8) is 0 Å². The predicted molar refractivity (Wildman–Crippen MR) is 80.3 cm³/mol. The molecule has 1 aromatic rings. The topological polar surface area (TPSA) is 67.8 Å². The fraction of sp³-hybridized carbons (Fsp3) is 0.533. The number of benzene rings is 1. The van der Waals surface area contributed by atoms with Gasteiger partial charge in [0.05, 0.1) is 5.02 Å². The quantitative estimate of drug-likeness (QED) is 0.875. The van der Waals surface area contributed by atoms with Crippen LogP contribution in [0.4, 0.5) is 0 Å². The summed E-state index contributed by atoms with van der Waals surface area (Å²) in [6, 6.07) is 3.21. The van der Waals surface area contributed by atoms with Crippen molar-refractivity contribution in [1.82, 2.24) is 5.32 Å². The molecule has 2 N–H and O–H groups in total. The first kappa shape index (κ1) is 15.9. The van der Waals surface area contributed by atoms with E-state index in [1.54, 1.807) is 12.1 Å². The van der Waals surface area contributed by atoms with Gasteiger partial charge in [0.25, 0.3) is 5.91 Å². The first-order chi connectivity index (χ1) is 9.93. The van der Waals surface area contributed by atoms with Crippen LogP contribution in [0, 0.1) is 5.41 Å². The van der Waals surface area contributed by atoms with Crippen molar-refractivity contribution in [2.24, 2.45) is 5.41 Å². The van der Waals surface area contributed by atoms with E-state index in [0.29, 0.717) is 48.3 Å². The summed E-state index contributed by atoms with van der Waals surface area (Å²) in [5.41, 5.74) is 0.270. The van der Waals surface area contributed by atoms with Gasteiger partial charge in [-0.25, -0.2) is 0 Å². The number of carbonyl (C=O) groups is 1. The zero-order valence-corrected chi connectivity index (χ0v) is 13.0. The molecular formula is C15H20ClNO4. The third-order valence-electron chi connectivity index (χ3n) is 3.38. The molecule has 0 saturated carbocycles. The summed E-state index contributed by atoms with van der Waals surface area (Å²) in [7, 11) is 0. The molecule has 116 valence electrons. The van der Waals surface area contributed by atoms with Crippen molar-refractivity contribution in [3.05, 3.63) is 22.7 Å².